The lowest BCUT2D eigenvalue weighted by molar-refractivity contribution is -0.143. The topological polar surface area (TPSA) is 109 Å². The van der Waals surface area contributed by atoms with Gasteiger partial charge in [0.2, 0.25) is 17.7 Å². The van der Waals surface area contributed by atoms with Gasteiger partial charge in [0.15, 0.2) is 0 Å². The average Bonchev–Trinajstić information content (AvgIpc) is 3.20. The van der Waals surface area contributed by atoms with Crippen LogP contribution in [-0.2, 0) is 4.79 Å². The van der Waals surface area contributed by atoms with E-state index < -0.39 is 0 Å². The molecule has 1 aliphatic carbocycles. The fourth-order valence-electron chi connectivity index (χ4n) is 4.62. The number of ether oxygens (including phenoxy) is 1. The number of hydrogen-bond donors (Lipinski definition) is 2. The Balaban J connectivity index is 1.44. The molecular formula is C23H25N7O2. The van der Waals surface area contributed by atoms with Gasteiger partial charge in [0.25, 0.3) is 0 Å². The number of carbonyl (C=O) groups excluding carboxylic acids is 1. The molecule has 0 atom stereocenters. The summed E-state index contributed by atoms with van der Waals surface area (Å²) in [7, 11) is 5.19. The Morgan fingerprint density at radius 2 is 2.06 bits per heavy atom. The molecule has 2 N–H and O–H groups in total. The van der Waals surface area contributed by atoms with Crippen molar-refractivity contribution < 1.29 is 9.53 Å². The van der Waals surface area contributed by atoms with Gasteiger partial charge in [-0.2, -0.15) is 20.2 Å². The molecule has 0 aliphatic heterocycles. The first kappa shape index (κ1) is 20.2. The fraction of sp³-hybridized carbons (Fsp3) is 0.348. The highest BCUT2D eigenvalue weighted by atomic mass is 16.5. The summed E-state index contributed by atoms with van der Waals surface area (Å²) in [5.74, 6) is 1.13. The van der Waals surface area contributed by atoms with Crippen molar-refractivity contribution in [2.24, 2.45) is 5.41 Å². The summed E-state index contributed by atoms with van der Waals surface area (Å²) < 4.78 is 5.63. The van der Waals surface area contributed by atoms with E-state index in [1.165, 1.54) is 0 Å². The summed E-state index contributed by atoms with van der Waals surface area (Å²) in [4.78, 5) is 26.6. The summed E-state index contributed by atoms with van der Waals surface area (Å²) in [6, 6.07) is 8.09. The molecule has 1 amide bonds. The minimum atomic E-state index is -0.338. The molecule has 3 aromatic heterocycles. The molecule has 1 fully saturated rings. The third kappa shape index (κ3) is 3.30. The lowest BCUT2D eigenvalue weighted by atomic mass is 9.66. The Labute approximate surface area is 185 Å². The highest BCUT2D eigenvalue weighted by Gasteiger charge is 2.47. The Bertz CT molecular complexity index is 1320. The molecule has 1 saturated carbocycles. The van der Waals surface area contributed by atoms with E-state index in [4.69, 9.17) is 4.74 Å². The standard InChI is InChI=1S/C23H25N7O2/c1-23(21(31)30(2)3)10-15(11-23)26-22-27-19-18(20(28-22)32-4)16(12-24-19)13-5-6-17-14(9-13)7-8-25-29-17/h5-9,12,15H,10-11H2,1-4H3,(H2,24,26,27,28)/t15-,23+. The Morgan fingerprint density at radius 3 is 2.81 bits per heavy atom. The first-order chi connectivity index (χ1) is 15.4. The Morgan fingerprint density at radius 1 is 1.25 bits per heavy atom. The van der Waals surface area contributed by atoms with E-state index in [0.717, 1.165) is 40.3 Å². The predicted octanol–water partition coefficient (Wildman–Crippen LogP) is 3.25. The largest absolute Gasteiger partial charge is 0.480 e. The number of anilines is 1. The number of nitrogens with zero attached hydrogens (tertiary/aromatic N) is 5. The van der Waals surface area contributed by atoms with Crippen molar-refractivity contribution >= 4 is 33.8 Å². The third-order valence-corrected chi connectivity index (χ3v) is 6.17. The number of fused-ring (bicyclic) bond motifs is 2. The van der Waals surface area contributed by atoms with Gasteiger partial charge in [-0.3, -0.25) is 4.79 Å². The Hall–Kier alpha value is -3.75. The number of benzene rings is 1. The zero-order chi connectivity index (χ0) is 22.5. The quantitative estimate of drug-likeness (QED) is 0.499. The first-order valence-electron chi connectivity index (χ1n) is 10.5. The number of methoxy groups -OCH3 is 1. The van der Waals surface area contributed by atoms with Gasteiger partial charge in [-0.25, -0.2) is 0 Å². The zero-order valence-electron chi connectivity index (χ0n) is 18.5. The van der Waals surface area contributed by atoms with E-state index in [1.54, 1.807) is 32.3 Å². The van der Waals surface area contributed by atoms with Gasteiger partial charge < -0.3 is 19.9 Å². The Kier molecular flexibility index (Phi) is 4.69. The van der Waals surface area contributed by atoms with Crippen LogP contribution in [0.15, 0.2) is 36.7 Å². The summed E-state index contributed by atoms with van der Waals surface area (Å²) in [5.41, 5.74) is 3.15. The predicted molar refractivity (Wildman–Crippen MR) is 122 cm³/mol. The smallest absolute Gasteiger partial charge is 0.228 e. The molecule has 164 valence electrons. The van der Waals surface area contributed by atoms with E-state index in [9.17, 15) is 4.79 Å². The van der Waals surface area contributed by atoms with E-state index in [0.29, 0.717) is 17.5 Å². The van der Waals surface area contributed by atoms with Gasteiger partial charge in [0, 0.05) is 37.3 Å². The maximum absolute atomic E-state index is 12.4. The first-order valence-corrected chi connectivity index (χ1v) is 10.5. The van der Waals surface area contributed by atoms with Gasteiger partial charge >= 0.3 is 0 Å². The lowest BCUT2D eigenvalue weighted by Crippen LogP contribution is -2.52. The summed E-state index contributed by atoms with van der Waals surface area (Å²) >= 11 is 0. The van der Waals surface area contributed by atoms with Crippen LogP contribution in [-0.4, -0.2) is 63.2 Å². The van der Waals surface area contributed by atoms with Crippen LogP contribution in [0.2, 0.25) is 0 Å². The summed E-state index contributed by atoms with van der Waals surface area (Å²) in [5, 5.41) is 13.3. The number of carbonyl (C=O) groups is 1. The molecule has 0 unspecified atom stereocenters. The molecule has 0 spiro atoms. The number of rotatable bonds is 5. The molecule has 9 nitrogen and oxygen atoms in total. The molecule has 1 aromatic carbocycles. The maximum atomic E-state index is 12.4. The van der Waals surface area contributed by atoms with Crippen molar-refractivity contribution in [3.63, 3.8) is 0 Å². The average molecular weight is 432 g/mol. The van der Waals surface area contributed by atoms with Crippen molar-refractivity contribution in [2.75, 3.05) is 26.5 Å². The molecule has 4 aromatic rings. The SMILES string of the molecule is COc1nc(N[C@H]2C[C@@](C)(C(=O)N(C)C)C2)nc2[nH]cc(-c3ccc4nnccc4c3)c12. The van der Waals surface area contributed by atoms with Crippen molar-refractivity contribution in [1.29, 1.82) is 0 Å². The number of H-pyrrole nitrogens is 1. The van der Waals surface area contributed by atoms with Crippen LogP contribution < -0.4 is 10.1 Å². The molecule has 0 bridgehead atoms. The van der Waals surface area contributed by atoms with Crippen molar-refractivity contribution in [1.82, 2.24) is 30.0 Å². The number of aromatic amines is 1. The minimum absolute atomic E-state index is 0.141. The van der Waals surface area contributed by atoms with Gasteiger partial charge in [0.1, 0.15) is 5.65 Å². The molecule has 1 aliphatic rings. The van der Waals surface area contributed by atoms with Crippen LogP contribution >= 0.6 is 0 Å². The lowest BCUT2D eigenvalue weighted by Gasteiger charge is -2.45. The molecule has 3 heterocycles. The van der Waals surface area contributed by atoms with E-state index in [1.807, 2.05) is 31.3 Å². The molecular weight excluding hydrogens is 406 g/mol. The second-order valence-corrected chi connectivity index (χ2v) is 8.80. The maximum Gasteiger partial charge on any atom is 0.228 e. The molecule has 9 heteroatoms. The normalized spacial score (nSPS) is 20.2. The van der Waals surface area contributed by atoms with E-state index in [2.05, 4.69) is 36.5 Å². The van der Waals surface area contributed by atoms with Crippen LogP contribution in [0.4, 0.5) is 5.95 Å². The van der Waals surface area contributed by atoms with Crippen LogP contribution in [0.1, 0.15) is 19.8 Å². The van der Waals surface area contributed by atoms with Crippen molar-refractivity contribution in [3.8, 4) is 17.0 Å². The van der Waals surface area contributed by atoms with E-state index in [-0.39, 0.29) is 17.4 Å². The second-order valence-electron chi connectivity index (χ2n) is 8.80. The van der Waals surface area contributed by atoms with Crippen LogP contribution in [0.3, 0.4) is 0 Å². The molecule has 0 saturated heterocycles. The minimum Gasteiger partial charge on any atom is -0.480 e. The van der Waals surface area contributed by atoms with Crippen molar-refractivity contribution in [2.45, 2.75) is 25.8 Å². The number of aromatic nitrogens is 5. The van der Waals surface area contributed by atoms with Gasteiger partial charge in [-0.15, -0.1) is 0 Å². The number of nitrogens with one attached hydrogen (secondary N) is 2. The molecule has 0 radical (unpaired) electrons. The zero-order valence-corrected chi connectivity index (χ0v) is 18.5. The van der Waals surface area contributed by atoms with Gasteiger partial charge in [-0.1, -0.05) is 13.0 Å². The fourth-order valence-corrected chi connectivity index (χ4v) is 4.62. The molecule has 32 heavy (non-hydrogen) atoms. The monoisotopic (exact) mass is 431 g/mol. The number of hydrogen-bond acceptors (Lipinski definition) is 7. The highest BCUT2D eigenvalue weighted by molar-refractivity contribution is 5.99. The second kappa shape index (κ2) is 7.44. The van der Waals surface area contributed by atoms with E-state index >= 15 is 0 Å². The highest BCUT2D eigenvalue weighted by Crippen LogP contribution is 2.43. The van der Waals surface area contributed by atoms with Crippen LogP contribution in [0.5, 0.6) is 5.88 Å². The van der Waals surface area contributed by atoms with Gasteiger partial charge in [0.05, 0.1) is 29.6 Å². The molecule has 5 rings (SSSR count). The van der Waals surface area contributed by atoms with Crippen LogP contribution in [0.25, 0.3) is 33.1 Å². The summed E-state index contributed by atoms with van der Waals surface area (Å²) in [6.07, 6.45) is 5.07. The van der Waals surface area contributed by atoms with Crippen LogP contribution in [0, 0.1) is 5.41 Å². The number of amides is 1. The van der Waals surface area contributed by atoms with Crippen molar-refractivity contribution in [3.05, 3.63) is 36.7 Å². The van der Waals surface area contributed by atoms with Gasteiger partial charge in [-0.05, 0) is 36.6 Å². The third-order valence-electron chi connectivity index (χ3n) is 6.17. The summed E-state index contributed by atoms with van der Waals surface area (Å²) in [6.45, 7) is 2.00.